The number of rotatable bonds is 12. The Morgan fingerprint density at radius 3 is 2.18 bits per heavy atom. The minimum atomic E-state index is -4.30. The Labute approximate surface area is 286 Å². The van der Waals surface area contributed by atoms with Crippen molar-refractivity contribution in [3.63, 3.8) is 0 Å². The van der Waals surface area contributed by atoms with Crippen LogP contribution in [0.5, 0.6) is 11.5 Å². The molecule has 0 spiro atoms. The van der Waals surface area contributed by atoms with Crippen LogP contribution in [-0.4, -0.2) is 57.0 Å². The summed E-state index contributed by atoms with van der Waals surface area (Å²) < 4.78 is 56.2. The molecule has 1 aliphatic carbocycles. The lowest BCUT2D eigenvalue weighted by atomic mass is 9.94. The molecule has 0 radical (unpaired) electrons. The number of amides is 2. The van der Waals surface area contributed by atoms with E-state index in [2.05, 4.69) is 5.32 Å². The summed E-state index contributed by atoms with van der Waals surface area (Å²) in [6.45, 7) is -0.267. The van der Waals surface area contributed by atoms with Gasteiger partial charge in [0.15, 0.2) is 11.5 Å². The Morgan fingerprint density at radius 1 is 0.816 bits per heavy atom. The van der Waals surface area contributed by atoms with E-state index in [0.29, 0.717) is 18.1 Å². The predicted molar refractivity (Wildman–Crippen MR) is 184 cm³/mol. The first-order chi connectivity index (χ1) is 23.8. The lowest BCUT2D eigenvalue weighted by Crippen LogP contribution is -2.55. The monoisotopic (exact) mass is 685 g/mol. The first kappa shape index (κ1) is 34.0. The second-order valence-corrected chi connectivity index (χ2v) is 14.2. The fourth-order valence-electron chi connectivity index (χ4n) is 6.34. The quantitative estimate of drug-likeness (QED) is 0.200. The number of hydrogen-bond donors (Lipinski definition) is 1. The zero-order valence-corrected chi connectivity index (χ0v) is 28.0. The van der Waals surface area contributed by atoms with Gasteiger partial charge in [-0.05, 0) is 48.7 Å². The van der Waals surface area contributed by atoms with Gasteiger partial charge < -0.3 is 19.7 Å². The smallest absolute Gasteiger partial charge is 0.264 e. The molecular formula is C38H40FN3O6S. The highest BCUT2D eigenvalue weighted by Gasteiger charge is 2.36. The van der Waals surface area contributed by atoms with Crippen LogP contribution in [0, 0.1) is 5.82 Å². The van der Waals surface area contributed by atoms with E-state index >= 15 is 4.39 Å². The van der Waals surface area contributed by atoms with Crippen molar-refractivity contribution in [3.05, 3.63) is 120 Å². The van der Waals surface area contributed by atoms with Crippen LogP contribution in [0.3, 0.4) is 0 Å². The zero-order valence-electron chi connectivity index (χ0n) is 27.2. The SMILES string of the molecule is O=C(NC1CCCCC1)[C@@H](Cc1ccccc1)N(Cc1ccccc1F)C(=O)CN(c1ccc2c(c1)OCCO2)S(=O)(=O)c1ccccc1. The molecular weight excluding hydrogens is 645 g/mol. The Morgan fingerprint density at radius 2 is 1.47 bits per heavy atom. The summed E-state index contributed by atoms with van der Waals surface area (Å²) in [5.74, 6) is -0.759. The summed E-state index contributed by atoms with van der Waals surface area (Å²) in [5.41, 5.74) is 1.19. The Bertz CT molecular complexity index is 1850. The molecule has 1 N–H and O–H groups in total. The first-order valence-electron chi connectivity index (χ1n) is 16.6. The van der Waals surface area contributed by atoms with Gasteiger partial charge in [-0.2, -0.15) is 0 Å². The fourth-order valence-corrected chi connectivity index (χ4v) is 7.77. The van der Waals surface area contributed by atoms with Crippen LogP contribution >= 0.6 is 0 Å². The topological polar surface area (TPSA) is 105 Å². The predicted octanol–water partition coefficient (Wildman–Crippen LogP) is 5.88. The maximum atomic E-state index is 15.2. The van der Waals surface area contributed by atoms with Crippen LogP contribution in [0.25, 0.3) is 0 Å². The fraction of sp³-hybridized carbons (Fsp3) is 0.316. The summed E-state index contributed by atoms with van der Waals surface area (Å²) in [6.07, 6.45) is 4.90. The average molecular weight is 686 g/mol. The van der Waals surface area contributed by atoms with Crippen molar-refractivity contribution in [1.29, 1.82) is 0 Å². The molecule has 9 nitrogen and oxygen atoms in total. The molecule has 1 heterocycles. The number of nitrogens with one attached hydrogen (secondary N) is 1. The number of fused-ring (bicyclic) bond motifs is 1. The molecule has 0 saturated heterocycles. The van der Waals surface area contributed by atoms with E-state index in [9.17, 15) is 18.0 Å². The van der Waals surface area contributed by atoms with Crippen molar-refractivity contribution in [2.75, 3.05) is 24.1 Å². The summed E-state index contributed by atoms with van der Waals surface area (Å²) in [6, 6.07) is 26.8. The van der Waals surface area contributed by atoms with Gasteiger partial charge >= 0.3 is 0 Å². The highest BCUT2D eigenvalue weighted by Crippen LogP contribution is 2.36. The number of hydrogen-bond acceptors (Lipinski definition) is 6. The molecule has 1 fully saturated rings. The van der Waals surface area contributed by atoms with Gasteiger partial charge in [-0.3, -0.25) is 13.9 Å². The normalized spacial score (nSPS) is 15.2. The second-order valence-electron chi connectivity index (χ2n) is 12.3. The van der Waals surface area contributed by atoms with Gasteiger partial charge in [-0.25, -0.2) is 12.8 Å². The van der Waals surface area contributed by atoms with Crippen molar-refractivity contribution in [2.45, 2.75) is 62.0 Å². The molecule has 49 heavy (non-hydrogen) atoms. The maximum Gasteiger partial charge on any atom is 0.264 e. The molecule has 4 aromatic carbocycles. The standard InChI is InChI=1S/C38H40FN3O6S/c39-33-19-11-10-14-29(33)26-41(34(24-28-12-4-1-5-13-28)38(44)40-30-15-6-2-7-16-30)37(43)27-42(49(45,46)32-17-8-3-9-18-32)31-20-21-35-36(25-31)48-23-22-47-35/h1,3-5,8-14,17-21,25,30,34H,2,6-7,15-16,22-24,26-27H2,(H,40,44)/t34-/m1/s1. The van der Waals surface area contributed by atoms with Crippen LogP contribution in [0.15, 0.2) is 108 Å². The van der Waals surface area contributed by atoms with Gasteiger partial charge in [0.25, 0.3) is 10.0 Å². The van der Waals surface area contributed by atoms with E-state index in [4.69, 9.17) is 9.47 Å². The highest BCUT2D eigenvalue weighted by molar-refractivity contribution is 7.92. The number of benzene rings is 4. The molecule has 1 atom stereocenters. The zero-order chi connectivity index (χ0) is 34.2. The number of carbonyl (C=O) groups is 2. The van der Waals surface area contributed by atoms with Crippen molar-refractivity contribution in [1.82, 2.24) is 10.2 Å². The van der Waals surface area contributed by atoms with Gasteiger partial charge in [-0.15, -0.1) is 0 Å². The minimum absolute atomic E-state index is 0.0192. The molecule has 11 heteroatoms. The number of carbonyl (C=O) groups excluding carboxylic acids is 2. The Hall–Kier alpha value is -4.90. The third-order valence-corrected chi connectivity index (χ3v) is 10.7. The lowest BCUT2D eigenvalue weighted by Gasteiger charge is -2.35. The van der Waals surface area contributed by atoms with Crippen molar-refractivity contribution < 1.29 is 31.9 Å². The number of halogens is 1. The van der Waals surface area contributed by atoms with E-state index in [1.165, 1.54) is 29.2 Å². The molecule has 2 aliphatic rings. The van der Waals surface area contributed by atoms with Crippen LogP contribution < -0.4 is 19.1 Å². The maximum absolute atomic E-state index is 15.2. The van der Waals surface area contributed by atoms with E-state index < -0.39 is 34.3 Å². The highest BCUT2D eigenvalue weighted by atomic mass is 32.2. The molecule has 4 aromatic rings. The third kappa shape index (κ3) is 8.22. The van der Waals surface area contributed by atoms with Gasteiger partial charge in [-0.1, -0.05) is 86.0 Å². The van der Waals surface area contributed by atoms with Crippen LogP contribution in [-0.2, 0) is 32.6 Å². The molecule has 1 aliphatic heterocycles. The number of ether oxygens (including phenoxy) is 2. The van der Waals surface area contributed by atoms with Crippen molar-refractivity contribution in [2.24, 2.45) is 0 Å². The Balaban J connectivity index is 1.41. The molecule has 6 rings (SSSR count). The lowest BCUT2D eigenvalue weighted by molar-refractivity contribution is -0.140. The molecule has 1 saturated carbocycles. The average Bonchev–Trinajstić information content (AvgIpc) is 3.13. The summed E-state index contributed by atoms with van der Waals surface area (Å²) in [5, 5.41) is 3.16. The molecule has 0 aromatic heterocycles. The van der Waals surface area contributed by atoms with E-state index in [1.54, 1.807) is 48.5 Å². The van der Waals surface area contributed by atoms with Gasteiger partial charge in [0, 0.05) is 30.6 Å². The van der Waals surface area contributed by atoms with E-state index in [1.807, 2.05) is 30.3 Å². The number of nitrogens with zero attached hydrogens (tertiary/aromatic N) is 2. The van der Waals surface area contributed by atoms with Gasteiger partial charge in [0.1, 0.15) is 31.6 Å². The second kappa shape index (κ2) is 15.5. The van der Waals surface area contributed by atoms with Crippen LogP contribution in [0.4, 0.5) is 10.1 Å². The van der Waals surface area contributed by atoms with E-state index in [-0.39, 0.29) is 47.7 Å². The summed E-state index contributed by atoms with van der Waals surface area (Å²) in [4.78, 5) is 30.2. The van der Waals surface area contributed by atoms with Crippen LogP contribution in [0.1, 0.15) is 43.2 Å². The molecule has 0 unspecified atom stereocenters. The summed E-state index contributed by atoms with van der Waals surface area (Å²) >= 11 is 0. The Kier molecular flexibility index (Phi) is 10.8. The summed E-state index contributed by atoms with van der Waals surface area (Å²) in [7, 11) is -4.30. The first-order valence-corrected chi connectivity index (χ1v) is 18.1. The third-order valence-electron chi connectivity index (χ3n) is 8.94. The van der Waals surface area contributed by atoms with Crippen molar-refractivity contribution >= 4 is 27.5 Å². The molecule has 2 amide bonds. The number of anilines is 1. The van der Waals surface area contributed by atoms with Crippen molar-refractivity contribution in [3.8, 4) is 11.5 Å². The van der Waals surface area contributed by atoms with Gasteiger partial charge in [0.2, 0.25) is 11.8 Å². The largest absolute Gasteiger partial charge is 0.486 e. The molecule has 256 valence electrons. The number of sulfonamides is 1. The van der Waals surface area contributed by atoms with E-state index in [0.717, 1.165) is 42.0 Å². The molecule has 0 bridgehead atoms. The minimum Gasteiger partial charge on any atom is -0.486 e. The van der Waals surface area contributed by atoms with Crippen LogP contribution in [0.2, 0.25) is 0 Å². The van der Waals surface area contributed by atoms with Gasteiger partial charge in [0.05, 0.1) is 10.6 Å².